The van der Waals surface area contributed by atoms with Gasteiger partial charge in [-0.05, 0) is 25.1 Å². The van der Waals surface area contributed by atoms with Crippen molar-refractivity contribution in [1.82, 2.24) is 10.2 Å². The number of hydrogen-bond donors (Lipinski definition) is 1. The summed E-state index contributed by atoms with van der Waals surface area (Å²) in [5.41, 5.74) is 1.14. The van der Waals surface area contributed by atoms with Crippen LogP contribution in [0, 0.1) is 0 Å². The van der Waals surface area contributed by atoms with E-state index in [9.17, 15) is 8.42 Å². The zero-order chi connectivity index (χ0) is 12.3. The molecule has 6 nitrogen and oxygen atoms in total. The Morgan fingerprint density at radius 3 is 2.88 bits per heavy atom. The first kappa shape index (κ1) is 11.6. The van der Waals surface area contributed by atoms with Gasteiger partial charge < -0.3 is 4.42 Å². The number of benzene rings is 1. The van der Waals surface area contributed by atoms with Crippen molar-refractivity contribution in [2.45, 2.75) is 6.92 Å². The maximum atomic E-state index is 11.4. The number of rotatable bonds is 4. The normalized spacial score (nSPS) is 11.4. The van der Waals surface area contributed by atoms with Gasteiger partial charge >= 0.3 is 0 Å². The van der Waals surface area contributed by atoms with E-state index in [0.717, 1.165) is 0 Å². The van der Waals surface area contributed by atoms with Crippen molar-refractivity contribution in [3.8, 4) is 11.5 Å². The second-order valence-electron chi connectivity index (χ2n) is 3.33. The minimum Gasteiger partial charge on any atom is -0.423 e. The van der Waals surface area contributed by atoms with E-state index < -0.39 is 10.0 Å². The van der Waals surface area contributed by atoms with Crippen molar-refractivity contribution in [3.63, 3.8) is 0 Å². The lowest BCUT2D eigenvalue weighted by atomic mass is 10.2. The lowest BCUT2D eigenvalue weighted by Gasteiger charge is -2.06. The summed E-state index contributed by atoms with van der Waals surface area (Å²) in [6, 6.07) is 6.78. The lowest BCUT2D eigenvalue weighted by Crippen LogP contribution is -2.14. The summed E-state index contributed by atoms with van der Waals surface area (Å²) in [4.78, 5) is 0. The minimum absolute atomic E-state index is 0.0256. The first-order chi connectivity index (χ1) is 8.11. The first-order valence-electron chi connectivity index (χ1n) is 4.98. The van der Waals surface area contributed by atoms with Gasteiger partial charge in [-0.15, -0.1) is 10.2 Å². The molecule has 2 aromatic rings. The molecule has 0 amide bonds. The molecule has 0 bridgehead atoms. The zero-order valence-corrected chi connectivity index (χ0v) is 9.94. The van der Waals surface area contributed by atoms with Crippen LogP contribution in [0.2, 0.25) is 0 Å². The highest BCUT2D eigenvalue weighted by molar-refractivity contribution is 7.92. The van der Waals surface area contributed by atoms with Gasteiger partial charge in [0.1, 0.15) is 0 Å². The quantitative estimate of drug-likeness (QED) is 0.892. The molecule has 0 spiro atoms. The molecule has 0 aliphatic rings. The van der Waals surface area contributed by atoms with Gasteiger partial charge in [0.15, 0.2) is 0 Å². The fourth-order valence-electron chi connectivity index (χ4n) is 1.27. The van der Waals surface area contributed by atoms with Gasteiger partial charge in [0.05, 0.1) is 5.75 Å². The highest BCUT2D eigenvalue weighted by Gasteiger charge is 2.09. The summed E-state index contributed by atoms with van der Waals surface area (Å²) in [5.74, 6) is 0.375. The summed E-state index contributed by atoms with van der Waals surface area (Å²) in [6.45, 7) is 1.57. The Labute approximate surface area is 98.7 Å². The summed E-state index contributed by atoms with van der Waals surface area (Å²) in [6.07, 6.45) is 1.22. The predicted octanol–water partition coefficient (Wildman–Crippen LogP) is 1.50. The molecule has 0 fully saturated rings. The Kier molecular flexibility index (Phi) is 3.10. The standard InChI is InChI=1S/C10H11N3O3S/c1-2-17(14,15)13-9-5-3-4-8(6-9)10-12-11-7-16-10/h3-7,13H,2H2,1H3. The molecule has 0 atom stereocenters. The molecule has 90 valence electrons. The molecule has 0 radical (unpaired) electrons. The third-order valence-electron chi connectivity index (χ3n) is 2.12. The fraction of sp³-hybridized carbons (Fsp3) is 0.200. The van der Waals surface area contributed by atoms with Gasteiger partial charge in [-0.1, -0.05) is 6.07 Å². The van der Waals surface area contributed by atoms with E-state index in [1.807, 2.05) is 0 Å². The molecular weight excluding hydrogens is 242 g/mol. The number of hydrogen-bond acceptors (Lipinski definition) is 5. The molecule has 1 aromatic carbocycles. The van der Waals surface area contributed by atoms with Crippen molar-refractivity contribution in [3.05, 3.63) is 30.7 Å². The minimum atomic E-state index is -3.27. The van der Waals surface area contributed by atoms with Crippen LogP contribution in [0.3, 0.4) is 0 Å². The number of sulfonamides is 1. The first-order valence-corrected chi connectivity index (χ1v) is 6.63. The molecule has 0 aliphatic carbocycles. The number of nitrogens with zero attached hydrogens (tertiary/aromatic N) is 2. The van der Waals surface area contributed by atoms with Gasteiger partial charge in [-0.25, -0.2) is 8.42 Å². The van der Waals surface area contributed by atoms with Gasteiger partial charge in [-0.3, -0.25) is 4.72 Å². The fourth-order valence-corrected chi connectivity index (χ4v) is 1.90. The largest absolute Gasteiger partial charge is 0.423 e. The third-order valence-corrected chi connectivity index (χ3v) is 3.43. The predicted molar refractivity (Wildman–Crippen MR) is 62.8 cm³/mol. The smallest absolute Gasteiger partial charge is 0.247 e. The molecule has 1 N–H and O–H groups in total. The monoisotopic (exact) mass is 253 g/mol. The van der Waals surface area contributed by atoms with E-state index in [1.54, 1.807) is 31.2 Å². The number of nitrogens with one attached hydrogen (secondary N) is 1. The summed E-state index contributed by atoms with van der Waals surface area (Å²) < 4.78 is 30.3. The number of anilines is 1. The highest BCUT2D eigenvalue weighted by atomic mass is 32.2. The van der Waals surface area contributed by atoms with Crippen LogP contribution in [0.25, 0.3) is 11.5 Å². The Morgan fingerprint density at radius 1 is 1.41 bits per heavy atom. The van der Waals surface area contributed by atoms with Crippen LogP contribution >= 0.6 is 0 Å². The maximum absolute atomic E-state index is 11.4. The second kappa shape index (κ2) is 4.54. The molecule has 2 rings (SSSR count). The second-order valence-corrected chi connectivity index (χ2v) is 5.34. The van der Waals surface area contributed by atoms with Crippen LogP contribution in [0.1, 0.15) is 6.92 Å². The molecule has 0 unspecified atom stereocenters. The maximum Gasteiger partial charge on any atom is 0.247 e. The van der Waals surface area contributed by atoms with E-state index in [2.05, 4.69) is 14.9 Å². The van der Waals surface area contributed by atoms with Gasteiger partial charge in [0.2, 0.25) is 22.3 Å². The van der Waals surface area contributed by atoms with Gasteiger partial charge in [0, 0.05) is 11.3 Å². The Balaban J connectivity index is 2.30. The number of aromatic nitrogens is 2. The molecular formula is C10H11N3O3S. The molecule has 17 heavy (non-hydrogen) atoms. The van der Waals surface area contributed by atoms with Crippen LogP contribution in [0.4, 0.5) is 5.69 Å². The van der Waals surface area contributed by atoms with Crippen molar-refractivity contribution >= 4 is 15.7 Å². The third kappa shape index (κ3) is 2.82. The summed E-state index contributed by atoms with van der Waals surface area (Å²) >= 11 is 0. The Bertz CT molecular complexity index is 593. The van der Waals surface area contributed by atoms with E-state index in [1.165, 1.54) is 6.39 Å². The molecule has 7 heteroatoms. The van der Waals surface area contributed by atoms with E-state index in [0.29, 0.717) is 17.1 Å². The van der Waals surface area contributed by atoms with Gasteiger partial charge in [0.25, 0.3) is 0 Å². The van der Waals surface area contributed by atoms with Crippen molar-refractivity contribution in [2.75, 3.05) is 10.5 Å². The summed E-state index contributed by atoms with van der Waals surface area (Å²) in [5, 5.41) is 7.31. The van der Waals surface area contributed by atoms with Crippen LogP contribution in [0.15, 0.2) is 35.1 Å². The Morgan fingerprint density at radius 2 is 2.24 bits per heavy atom. The van der Waals surface area contributed by atoms with E-state index in [4.69, 9.17) is 4.42 Å². The molecule has 0 saturated carbocycles. The molecule has 0 aliphatic heterocycles. The topological polar surface area (TPSA) is 85.1 Å². The van der Waals surface area contributed by atoms with Crippen molar-refractivity contribution in [1.29, 1.82) is 0 Å². The van der Waals surface area contributed by atoms with Crippen LogP contribution in [-0.2, 0) is 10.0 Å². The van der Waals surface area contributed by atoms with Crippen molar-refractivity contribution < 1.29 is 12.8 Å². The van der Waals surface area contributed by atoms with Gasteiger partial charge in [-0.2, -0.15) is 0 Å². The average Bonchev–Trinajstić information content (AvgIpc) is 2.82. The molecule has 0 saturated heterocycles. The van der Waals surface area contributed by atoms with Crippen LogP contribution < -0.4 is 4.72 Å². The van der Waals surface area contributed by atoms with E-state index >= 15 is 0 Å². The molecule has 1 aromatic heterocycles. The van der Waals surface area contributed by atoms with Crippen molar-refractivity contribution in [2.24, 2.45) is 0 Å². The zero-order valence-electron chi connectivity index (χ0n) is 9.12. The summed E-state index contributed by atoms with van der Waals surface area (Å²) in [7, 11) is -3.27. The lowest BCUT2D eigenvalue weighted by molar-refractivity contribution is 0.568. The van der Waals surface area contributed by atoms with Crippen LogP contribution in [-0.4, -0.2) is 24.4 Å². The molecule has 1 heterocycles. The highest BCUT2D eigenvalue weighted by Crippen LogP contribution is 2.20. The SMILES string of the molecule is CCS(=O)(=O)Nc1cccc(-c2nnco2)c1. The van der Waals surface area contributed by atoms with Crippen LogP contribution in [0.5, 0.6) is 0 Å². The average molecular weight is 253 g/mol. The Hall–Kier alpha value is -1.89. The van der Waals surface area contributed by atoms with E-state index in [-0.39, 0.29) is 5.75 Å².